The molecular formula is C14H17ClO2. The van der Waals surface area contributed by atoms with Gasteiger partial charge >= 0.3 is 0 Å². The Morgan fingerprint density at radius 1 is 1.24 bits per heavy atom. The van der Waals surface area contributed by atoms with E-state index in [9.17, 15) is 0 Å². The van der Waals surface area contributed by atoms with Crippen LogP contribution in [0, 0.1) is 11.8 Å². The number of benzene rings is 1. The average molecular weight is 253 g/mol. The number of rotatable bonds is 6. The molecule has 2 nitrogen and oxygen atoms in total. The minimum absolute atomic E-state index is 0.559. The number of alkyl halides is 1. The molecule has 0 atom stereocenters. The van der Waals surface area contributed by atoms with Crippen molar-refractivity contribution >= 4 is 11.6 Å². The highest BCUT2D eigenvalue weighted by Gasteiger charge is 1.99. The summed E-state index contributed by atoms with van der Waals surface area (Å²) >= 11 is 5.58. The molecule has 0 spiro atoms. The second-order valence-electron chi connectivity index (χ2n) is 3.43. The van der Waals surface area contributed by atoms with Crippen molar-refractivity contribution in [2.45, 2.75) is 12.8 Å². The summed E-state index contributed by atoms with van der Waals surface area (Å²) in [7, 11) is 1.69. The third-order valence-electron chi connectivity index (χ3n) is 2.08. The van der Waals surface area contributed by atoms with Crippen LogP contribution in [-0.4, -0.2) is 26.2 Å². The molecule has 0 N–H and O–H groups in total. The van der Waals surface area contributed by atoms with Gasteiger partial charge in [-0.2, -0.15) is 0 Å². The first kappa shape index (κ1) is 13.9. The summed E-state index contributed by atoms with van der Waals surface area (Å²) in [6, 6.07) is 7.77. The van der Waals surface area contributed by atoms with Crippen LogP contribution in [0.5, 0.6) is 5.75 Å². The van der Waals surface area contributed by atoms with Crippen LogP contribution >= 0.6 is 11.6 Å². The van der Waals surface area contributed by atoms with E-state index in [0.717, 1.165) is 17.7 Å². The number of para-hydroxylation sites is 1. The highest BCUT2D eigenvalue weighted by Crippen LogP contribution is 2.16. The summed E-state index contributed by atoms with van der Waals surface area (Å²) in [5.41, 5.74) is 0.912. The molecule has 0 bridgehead atoms. The van der Waals surface area contributed by atoms with E-state index in [1.165, 1.54) is 0 Å². The van der Waals surface area contributed by atoms with Gasteiger partial charge in [0.25, 0.3) is 0 Å². The lowest BCUT2D eigenvalue weighted by molar-refractivity contribution is 0.172. The highest BCUT2D eigenvalue weighted by atomic mass is 35.5. The van der Waals surface area contributed by atoms with Crippen LogP contribution in [0.1, 0.15) is 18.4 Å². The third-order valence-corrected chi connectivity index (χ3v) is 2.27. The first-order chi connectivity index (χ1) is 8.38. The lowest BCUT2D eigenvalue weighted by Gasteiger charge is -2.07. The first-order valence-electron chi connectivity index (χ1n) is 5.64. The molecule has 0 unspecified atom stereocenters. The summed E-state index contributed by atoms with van der Waals surface area (Å²) in [6.07, 6.45) is 1.57. The van der Waals surface area contributed by atoms with Crippen molar-refractivity contribution in [3.63, 3.8) is 0 Å². The Morgan fingerprint density at radius 3 is 2.82 bits per heavy atom. The Hall–Kier alpha value is -1.17. The molecule has 0 radical (unpaired) electrons. The van der Waals surface area contributed by atoms with Crippen LogP contribution in [0.2, 0.25) is 0 Å². The minimum atomic E-state index is 0.559. The molecule has 17 heavy (non-hydrogen) atoms. The van der Waals surface area contributed by atoms with Crippen LogP contribution in [0.15, 0.2) is 24.3 Å². The van der Waals surface area contributed by atoms with E-state index >= 15 is 0 Å². The maximum Gasteiger partial charge on any atom is 0.134 e. The Balaban J connectivity index is 2.56. The van der Waals surface area contributed by atoms with Crippen LogP contribution in [0.3, 0.4) is 0 Å². The largest absolute Gasteiger partial charge is 0.492 e. The normalized spacial score (nSPS) is 9.53. The van der Waals surface area contributed by atoms with Crippen molar-refractivity contribution in [1.82, 2.24) is 0 Å². The fourth-order valence-corrected chi connectivity index (χ4v) is 1.38. The molecule has 1 aromatic rings. The van der Waals surface area contributed by atoms with E-state index in [-0.39, 0.29) is 0 Å². The Kier molecular flexibility index (Phi) is 7.29. The van der Waals surface area contributed by atoms with Crippen molar-refractivity contribution in [3.05, 3.63) is 29.8 Å². The topological polar surface area (TPSA) is 18.5 Å². The second kappa shape index (κ2) is 8.92. The maximum atomic E-state index is 5.65. The predicted molar refractivity (Wildman–Crippen MR) is 70.6 cm³/mol. The van der Waals surface area contributed by atoms with Gasteiger partial charge < -0.3 is 9.47 Å². The zero-order chi connectivity index (χ0) is 12.3. The molecule has 0 aliphatic heterocycles. The molecular weight excluding hydrogens is 236 g/mol. The van der Waals surface area contributed by atoms with Crippen molar-refractivity contribution in [2.75, 3.05) is 26.2 Å². The van der Waals surface area contributed by atoms with Gasteiger partial charge in [-0.15, -0.1) is 11.6 Å². The molecule has 1 rings (SSSR count). The Morgan fingerprint density at radius 2 is 2.06 bits per heavy atom. The molecule has 0 aliphatic carbocycles. The van der Waals surface area contributed by atoms with Crippen molar-refractivity contribution < 1.29 is 9.47 Å². The summed E-state index contributed by atoms with van der Waals surface area (Å²) in [4.78, 5) is 0. The zero-order valence-corrected chi connectivity index (χ0v) is 10.8. The molecule has 0 aliphatic rings. The van der Waals surface area contributed by atoms with Crippen LogP contribution < -0.4 is 4.74 Å². The summed E-state index contributed by atoms with van der Waals surface area (Å²) in [5.74, 6) is 7.46. The molecule has 0 heterocycles. The molecule has 0 saturated heterocycles. The zero-order valence-electron chi connectivity index (χ0n) is 10.0. The fourth-order valence-electron chi connectivity index (χ4n) is 1.29. The van der Waals surface area contributed by atoms with E-state index in [1.807, 2.05) is 24.3 Å². The molecule has 0 amide bonds. The predicted octanol–water partition coefficient (Wildman–Crippen LogP) is 3.08. The molecule has 92 valence electrons. The van der Waals surface area contributed by atoms with Gasteiger partial charge in [-0.1, -0.05) is 24.0 Å². The van der Waals surface area contributed by atoms with E-state index in [0.29, 0.717) is 25.5 Å². The van der Waals surface area contributed by atoms with Gasteiger partial charge in [0.1, 0.15) is 5.75 Å². The molecule has 0 fully saturated rings. The Bertz CT molecular complexity index is 379. The van der Waals surface area contributed by atoms with Crippen LogP contribution in [-0.2, 0) is 4.74 Å². The fraction of sp³-hybridized carbons (Fsp3) is 0.429. The minimum Gasteiger partial charge on any atom is -0.492 e. The highest BCUT2D eigenvalue weighted by molar-refractivity contribution is 6.18. The van der Waals surface area contributed by atoms with Gasteiger partial charge in [-0.3, -0.25) is 0 Å². The standard InChI is InChI=1S/C14H17ClO2/c1-16-11-6-12-17-14-9-3-2-7-13(14)8-4-5-10-15/h2-3,7,9H,5-6,10-12H2,1H3. The second-order valence-corrected chi connectivity index (χ2v) is 3.81. The summed E-state index contributed by atoms with van der Waals surface area (Å²) in [6.45, 7) is 1.35. The van der Waals surface area contributed by atoms with E-state index in [2.05, 4.69) is 11.8 Å². The SMILES string of the molecule is COCCCOc1ccccc1C#CCCCl. The number of ether oxygens (including phenoxy) is 2. The lowest BCUT2D eigenvalue weighted by atomic mass is 10.2. The molecule has 0 saturated carbocycles. The van der Waals surface area contributed by atoms with E-state index < -0.39 is 0 Å². The van der Waals surface area contributed by atoms with Crippen molar-refractivity contribution in [1.29, 1.82) is 0 Å². The van der Waals surface area contributed by atoms with Crippen molar-refractivity contribution in [3.8, 4) is 17.6 Å². The van der Waals surface area contributed by atoms with Gasteiger partial charge in [0, 0.05) is 32.4 Å². The third kappa shape index (κ3) is 5.63. The van der Waals surface area contributed by atoms with Crippen molar-refractivity contribution in [2.24, 2.45) is 0 Å². The maximum absolute atomic E-state index is 5.65. The summed E-state index contributed by atoms with van der Waals surface area (Å²) < 4.78 is 10.6. The van der Waals surface area contributed by atoms with Gasteiger partial charge in [-0.25, -0.2) is 0 Å². The van der Waals surface area contributed by atoms with Gasteiger partial charge in [0.15, 0.2) is 0 Å². The first-order valence-corrected chi connectivity index (χ1v) is 6.17. The van der Waals surface area contributed by atoms with Gasteiger partial charge in [0.05, 0.1) is 12.2 Å². The van der Waals surface area contributed by atoms with Crippen LogP contribution in [0.25, 0.3) is 0 Å². The molecule has 0 aromatic heterocycles. The van der Waals surface area contributed by atoms with E-state index in [4.69, 9.17) is 21.1 Å². The number of hydrogen-bond donors (Lipinski definition) is 0. The van der Waals surface area contributed by atoms with Crippen LogP contribution in [0.4, 0.5) is 0 Å². The average Bonchev–Trinajstić information content (AvgIpc) is 2.36. The number of halogens is 1. The monoisotopic (exact) mass is 252 g/mol. The smallest absolute Gasteiger partial charge is 0.134 e. The molecule has 3 heteroatoms. The quantitative estimate of drug-likeness (QED) is 0.440. The summed E-state index contributed by atoms with van der Waals surface area (Å²) in [5, 5.41) is 0. The van der Waals surface area contributed by atoms with Gasteiger partial charge in [0.2, 0.25) is 0 Å². The molecule has 1 aromatic carbocycles. The Labute approximate surface area is 108 Å². The van der Waals surface area contributed by atoms with Gasteiger partial charge in [-0.05, 0) is 12.1 Å². The van der Waals surface area contributed by atoms with E-state index in [1.54, 1.807) is 7.11 Å². The lowest BCUT2D eigenvalue weighted by Crippen LogP contribution is -2.02. The number of hydrogen-bond acceptors (Lipinski definition) is 2. The number of methoxy groups -OCH3 is 1.